The molecule has 0 spiro atoms. The van der Waals surface area contributed by atoms with Crippen LogP contribution in [-0.4, -0.2) is 21.9 Å². The Kier molecular flexibility index (Phi) is 3.76. The lowest BCUT2D eigenvalue weighted by molar-refractivity contribution is -0.0457. The Morgan fingerprint density at radius 3 is 2.18 bits per heavy atom. The Bertz CT molecular complexity index is 138. The minimum Gasteiger partial charge on any atom is -0.390 e. The summed E-state index contributed by atoms with van der Waals surface area (Å²) in [5.74, 6) is 0. The van der Waals surface area contributed by atoms with Gasteiger partial charge in [0.15, 0.2) is 0 Å². The summed E-state index contributed by atoms with van der Waals surface area (Å²) in [5, 5.41) is 18.7. The topological polar surface area (TPSA) is 40.5 Å². The number of allylic oxidation sites excluding steroid dienone is 1. The van der Waals surface area contributed by atoms with E-state index in [1.807, 2.05) is 19.9 Å². The first-order valence-electron chi connectivity index (χ1n) is 3.88. The molecule has 0 amide bonds. The molecule has 2 heteroatoms. The number of hydrogen-bond donors (Lipinski definition) is 2. The zero-order valence-electron chi connectivity index (χ0n) is 7.76. The van der Waals surface area contributed by atoms with Crippen molar-refractivity contribution in [3.05, 3.63) is 11.6 Å². The van der Waals surface area contributed by atoms with Gasteiger partial charge >= 0.3 is 0 Å². The molecular formula is C9H18O2. The number of hydrogen-bond acceptors (Lipinski definition) is 2. The molecule has 0 bridgehead atoms. The fourth-order valence-electron chi connectivity index (χ4n) is 0.636. The van der Waals surface area contributed by atoms with Crippen molar-refractivity contribution in [1.82, 2.24) is 0 Å². The fourth-order valence-corrected chi connectivity index (χ4v) is 0.636. The van der Waals surface area contributed by atoms with Crippen molar-refractivity contribution in [2.45, 2.75) is 45.8 Å². The van der Waals surface area contributed by atoms with E-state index in [0.717, 1.165) is 5.57 Å². The van der Waals surface area contributed by atoms with Crippen LogP contribution in [0.1, 0.15) is 34.1 Å². The van der Waals surface area contributed by atoms with E-state index >= 15 is 0 Å². The summed E-state index contributed by atoms with van der Waals surface area (Å²) in [6, 6.07) is 0. The zero-order chi connectivity index (χ0) is 9.07. The maximum atomic E-state index is 9.34. The molecule has 0 aliphatic carbocycles. The second kappa shape index (κ2) is 3.88. The number of aliphatic hydroxyl groups excluding tert-OH is 1. The molecule has 1 unspecified atom stereocenters. The third-order valence-corrected chi connectivity index (χ3v) is 1.56. The lowest BCUT2D eigenvalue weighted by atomic mass is 9.98. The minimum absolute atomic E-state index is 0.520. The van der Waals surface area contributed by atoms with Gasteiger partial charge in [-0.3, -0.25) is 0 Å². The predicted octanol–water partition coefficient (Wildman–Crippen LogP) is 1.47. The molecule has 11 heavy (non-hydrogen) atoms. The van der Waals surface area contributed by atoms with E-state index < -0.39 is 11.7 Å². The van der Waals surface area contributed by atoms with Crippen LogP contribution in [-0.2, 0) is 0 Å². The standard InChI is InChI=1S/C9H18O2/c1-7(2)5-6-8(10)9(3,4)11/h5,8,10-11H,6H2,1-4H3. The molecule has 0 aromatic heterocycles. The number of rotatable bonds is 3. The van der Waals surface area contributed by atoms with Crippen LogP contribution in [0, 0.1) is 0 Å². The van der Waals surface area contributed by atoms with Gasteiger partial charge in [0, 0.05) is 0 Å². The Labute approximate surface area is 68.6 Å². The van der Waals surface area contributed by atoms with Gasteiger partial charge in [-0.15, -0.1) is 0 Å². The summed E-state index contributed by atoms with van der Waals surface area (Å²) in [7, 11) is 0. The summed E-state index contributed by atoms with van der Waals surface area (Å²) in [5.41, 5.74) is 0.166. The third kappa shape index (κ3) is 4.99. The van der Waals surface area contributed by atoms with Crippen LogP contribution < -0.4 is 0 Å². The van der Waals surface area contributed by atoms with Gasteiger partial charge in [0.25, 0.3) is 0 Å². The average molecular weight is 158 g/mol. The van der Waals surface area contributed by atoms with Crippen LogP contribution >= 0.6 is 0 Å². The molecule has 0 fully saturated rings. The molecule has 0 radical (unpaired) electrons. The molecule has 0 saturated carbocycles. The SMILES string of the molecule is CC(C)=CCC(O)C(C)(C)O. The molecule has 0 heterocycles. The van der Waals surface area contributed by atoms with Gasteiger partial charge in [-0.25, -0.2) is 0 Å². The molecule has 66 valence electrons. The summed E-state index contributed by atoms with van der Waals surface area (Å²) < 4.78 is 0. The minimum atomic E-state index is -0.994. The molecule has 0 aromatic carbocycles. The van der Waals surface area contributed by atoms with Crippen LogP contribution in [0.4, 0.5) is 0 Å². The summed E-state index contributed by atoms with van der Waals surface area (Å²) in [6.45, 7) is 7.15. The fraction of sp³-hybridized carbons (Fsp3) is 0.778. The molecule has 0 aliphatic rings. The van der Waals surface area contributed by atoms with E-state index in [2.05, 4.69) is 0 Å². The first-order valence-corrected chi connectivity index (χ1v) is 3.88. The lowest BCUT2D eigenvalue weighted by Gasteiger charge is -2.23. The van der Waals surface area contributed by atoms with Gasteiger partial charge in [-0.05, 0) is 34.1 Å². The van der Waals surface area contributed by atoms with Crippen LogP contribution in [0.3, 0.4) is 0 Å². The summed E-state index contributed by atoms with van der Waals surface area (Å²) in [4.78, 5) is 0. The van der Waals surface area contributed by atoms with E-state index in [-0.39, 0.29) is 0 Å². The maximum Gasteiger partial charge on any atom is 0.0856 e. The quantitative estimate of drug-likeness (QED) is 0.611. The Balaban J connectivity index is 3.89. The van der Waals surface area contributed by atoms with E-state index in [1.54, 1.807) is 13.8 Å². The molecule has 1 atom stereocenters. The van der Waals surface area contributed by atoms with Crippen molar-refractivity contribution >= 4 is 0 Å². The average Bonchev–Trinajstić information content (AvgIpc) is 1.80. The Morgan fingerprint density at radius 2 is 1.91 bits per heavy atom. The summed E-state index contributed by atoms with van der Waals surface area (Å²) >= 11 is 0. The monoisotopic (exact) mass is 158 g/mol. The Morgan fingerprint density at radius 1 is 1.45 bits per heavy atom. The second-order valence-corrected chi connectivity index (χ2v) is 3.69. The lowest BCUT2D eigenvalue weighted by Crippen LogP contribution is -2.35. The largest absolute Gasteiger partial charge is 0.390 e. The number of aliphatic hydroxyl groups is 2. The van der Waals surface area contributed by atoms with Crippen molar-refractivity contribution < 1.29 is 10.2 Å². The van der Waals surface area contributed by atoms with E-state index in [1.165, 1.54) is 0 Å². The van der Waals surface area contributed by atoms with Gasteiger partial charge in [-0.2, -0.15) is 0 Å². The van der Waals surface area contributed by atoms with Crippen molar-refractivity contribution in [2.24, 2.45) is 0 Å². The Hall–Kier alpha value is -0.340. The van der Waals surface area contributed by atoms with Crippen molar-refractivity contribution in [3.8, 4) is 0 Å². The second-order valence-electron chi connectivity index (χ2n) is 3.69. The van der Waals surface area contributed by atoms with Gasteiger partial charge in [0.2, 0.25) is 0 Å². The van der Waals surface area contributed by atoms with E-state index in [9.17, 15) is 10.2 Å². The van der Waals surface area contributed by atoms with E-state index in [0.29, 0.717) is 6.42 Å². The zero-order valence-corrected chi connectivity index (χ0v) is 7.76. The molecule has 0 rings (SSSR count). The van der Waals surface area contributed by atoms with Gasteiger partial charge in [0.05, 0.1) is 11.7 Å². The van der Waals surface area contributed by atoms with Crippen LogP contribution in [0.2, 0.25) is 0 Å². The van der Waals surface area contributed by atoms with Crippen LogP contribution in [0.15, 0.2) is 11.6 Å². The predicted molar refractivity (Wildman–Crippen MR) is 46.4 cm³/mol. The summed E-state index contributed by atoms with van der Waals surface area (Å²) in [6.07, 6.45) is 1.77. The van der Waals surface area contributed by atoms with Gasteiger partial charge < -0.3 is 10.2 Å². The molecule has 2 N–H and O–H groups in total. The molecule has 2 nitrogen and oxygen atoms in total. The van der Waals surface area contributed by atoms with Crippen molar-refractivity contribution in [1.29, 1.82) is 0 Å². The molecule has 0 aliphatic heterocycles. The normalized spacial score (nSPS) is 14.4. The van der Waals surface area contributed by atoms with Gasteiger partial charge in [0.1, 0.15) is 0 Å². The van der Waals surface area contributed by atoms with E-state index in [4.69, 9.17) is 0 Å². The smallest absolute Gasteiger partial charge is 0.0856 e. The van der Waals surface area contributed by atoms with Crippen molar-refractivity contribution in [2.75, 3.05) is 0 Å². The maximum absolute atomic E-state index is 9.34. The first-order chi connectivity index (χ1) is 4.84. The van der Waals surface area contributed by atoms with Crippen LogP contribution in [0.5, 0.6) is 0 Å². The highest BCUT2D eigenvalue weighted by Gasteiger charge is 2.22. The van der Waals surface area contributed by atoms with Gasteiger partial charge in [-0.1, -0.05) is 11.6 Å². The highest BCUT2D eigenvalue weighted by Crippen LogP contribution is 2.12. The highest BCUT2D eigenvalue weighted by molar-refractivity contribution is 4.96. The van der Waals surface area contributed by atoms with Crippen LogP contribution in [0.25, 0.3) is 0 Å². The molecule has 0 aromatic rings. The highest BCUT2D eigenvalue weighted by atomic mass is 16.3. The third-order valence-electron chi connectivity index (χ3n) is 1.56. The first kappa shape index (κ1) is 10.7. The molecule has 0 saturated heterocycles. The molecular weight excluding hydrogens is 140 g/mol. The van der Waals surface area contributed by atoms with Crippen molar-refractivity contribution in [3.63, 3.8) is 0 Å².